The molecule has 4 aromatic rings. The Bertz CT molecular complexity index is 1210. The summed E-state index contributed by atoms with van der Waals surface area (Å²) in [6.07, 6.45) is 1.95. The second-order valence-corrected chi connectivity index (χ2v) is 7.68. The molecule has 0 amide bonds. The molecule has 2 N–H and O–H groups in total. The van der Waals surface area contributed by atoms with Crippen LogP contribution in [0, 0.1) is 6.92 Å². The number of aromatic nitrogens is 2. The maximum atomic E-state index is 11.5. The van der Waals surface area contributed by atoms with E-state index in [9.17, 15) is 8.42 Å². The Morgan fingerprint density at radius 3 is 2.31 bits per heavy atom. The third-order valence-electron chi connectivity index (χ3n) is 4.39. The molecule has 26 heavy (non-hydrogen) atoms. The van der Waals surface area contributed by atoms with Gasteiger partial charge in [0.1, 0.15) is 5.65 Å². The number of aryl methyl sites for hydroxylation is 1. The molecular formula is C20H17N3O2S. The van der Waals surface area contributed by atoms with Crippen LogP contribution in [0.3, 0.4) is 0 Å². The third-order valence-corrected chi connectivity index (χ3v) is 5.32. The Balaban J connectivity index is 2.00. The molecule has 0 bridgehead atoms. The van der Waals surface area contributed by atoms with Crippen molar-refractivity contribution in [3.8, 4) is 22.5 Å². The maximum absolute atomic E-state index is 11.5. The van der Waals surface area contributed by atoms with Gasteiger partial charge < -0.3 is 0 Å². The van der Waals surface area contributed by atoms with Crippen molar-refractivity contribution in [2.45, 2.75) is 11.8 Å². The highest BCUT2D eigenvalue weighted by Crippen LogP contribution is 2.34. The summed E-state index contributed by atoms with van der Waals surface area (Å²) in [7, 11) is -3.72. The Hall–Kier alpha value is -2.96. The van der Waals surface area contributed by atoms with Crippen molar-refractivity contribution in [2.75, 3.05) is 0 Å². The number of fused-ring (bicyclic) bond motifs is 1. The molecule has 0 unspecified atom stereocenters. The normalized spacial score (nSPS) is 11.8. The van der Waals surface area contributed by atoms with Gasteiger partial charge in [-0.2, -0.15) is 0 Å². The monoisotopic (exact) mass is 363 g/mol. The van der Waals surface area contributed by atoms with E-state index in [0.29, 0.717) is 0 Å². The lowest BCUT2D eigenvalue weighted by Crippen LogP contribution is -2.11. The summed E-state index contributed by atoms with van der Waals surface area (Å²) >= 11 is 0. The van der Waals surface area contributed by atoms with E-state index < -0.39 is 10.0 Å². The Kier molecular flexibility index (Phi) is 3.86. The summed E-state index contributed by atoms with van der Waals surface area (Å²) < 4.78 is 25.1. The van der Waals surface area contributed by atoms with Crippen molar-refractivity contribution in [1.29, 1.82) is 0 Å². The largest absolute Gasteiger partial charge is 0.299 e. The molecule has 0 aliphatic carbocycles. The zero-order valence-electron chi connectivity index (χ0n) is 14.1. The molecule has 130 valence electrons. The summed E-state index contributed by atoms with van der Waals surface area (Å²) in [6.45, 7) is 2.05. The predicted octanol–water partition coefficient (Wildman–Crippen LogP) is 3.62. The lowest BCUT2D eigenvalue weighted by Gasteiger charge is -2.08. The quantitative estimate of drug-likeness (QED) is 0.604. The number of nitrogens with two attached hydrogens (primary N) is 1. The highest BCUT2D eigenvalue weighted by molar-refractivity contribution is 7.89. The fourth-order valence-corrected chi connectivity index (χ4v) is 3.62. The highest BCUT2D eigenvalue weighted by Gasteiger charge is 2.17. The zero-order valence-corrected chi connectivity index (χ0v) is 14.9. The first-order valence-electron chi connectivity index (χ1n) is 8.11. The number of primary sulfonamides is 1. The first-order chi connectivity index (χ1) is 12.4. The number of nitrogens with zero attached hydrogens (tertiary/aromatic N) is 2. The van der Waals surface area contributed by atoms with Gasteiger partial charge in [-0.1, -0.05) is 42.5 Å². The topological polar surface area (TPSA) is 77.5 Å². The maximum Gasteiger partial charge on any atom is 0.238 e. The third kappa shape index (κ3) is 2.79. The van der Waals surface area contributed by atoms with Gasteiger partial charge in [0.25, 0.3) is 0 Å². The van der Waals surface area contributed by atoms with Crippen molar-refractivity contribution < 1.29 is 8.42 Å². The molecule has 0 saturated carbocycles. The minimum Gasteiger partial charge on any atom is -0.299 e. The predicted molar refractivity (Wildman–Crippen MR) is 102 cm³/mol. The summed E-state index contributed by atoms with van der Waals surface area (Å²) in [5, 5.41) is 5.21. The molecule has 0 saturated heterocycles. The van der Waals surface area contributed by atoms with E-state index in [2.05, 4.69) is 0 Å². The Morgan fingerprint density at radius 2 is 1.62 bits per heavy atom. The average Bonchev–Trinajstić information content (AvgIpc) is 3.00. The van der Waals surface area contributed by atoms with E-state index in [4.69, 9.17) is 10.1 Å². The molecule has 4 rings (SSSR count). The van der Waals surface area contributed by atoms with E-state index in [-0.39, 0.29) is 4.90 Å². The van der Waals surface area contributed by atoms with Crippen molar-refractivity contribution in [1.82, 2.24) is 9.38 Å². The second kappa shape index (κ2) is 6.09. The number of benzene rings is 2. The van der Waals surface area contributed by atoms with Crippen molar-refractivity contribution in [3.63, 3.8) is 0 Å². The van der Waals surface area contributed by atoms with Crippen LogP contribution in [0.15, 0.2) is 77.8 Å². The SMILES string of the molecule is Cc1ccccc1-c1nc2ccccn2c1-c1ccc(S(N)(=O)=O)cc1. The fraction of sp³-hybridized carbons (Fsp3) is 0.0500. The molecule has 0 aliphatic heterocycles. The Morgan fingerprint density at radius 1 is 0.923 bits per heavy atom. The van der Waals surface area contributed by atoms with Gasteiger partial charge in [0, 0.05) is 17.3 Å². The molecular weight excluding hydrogens is 346 g/mol. The second-order valence-electron chi connectivity index (χ2n) is 6.12. The van der Waals surface area contributed by atoms with Crippen LogP contribution in [0.5, 0.6) is 0 Å². The number of rotatable bonds is 3. The van der Waals surface area contributed by atoms with Crippen LogP contribution in [0.25, 0.3) is 28.2 Å². The lowest BCUT2D eigenvalue weighted by atomic mass is 10.0. The summed E-state index contributed by atoms with van der Waals surface area (Å²) in [6, 6.07) is 20.5. The summed E-state index contributed by atoms with van der Waals surface area (Å²) in [5.74, 6) is 0. The van der Waals surface area contributed by atoms with E-state index in [0.717, 1.165) is 33.7 Å². The molecule has 0 spiro atoms. The molecule has 0 fully saturated rings. The first-order valence-corrected chi connectivity index (χ1v) is 9.66. The van der Waals surface area contributed by atoms with Crippen LogP contribution in [0.4, 0.5) is 0 Å². The highest BCUT2D eigenvalue weighted by atomic mass is 32.2. The average molecular weight is 363 g/mol. The van der Waals surface area contributed by atoms with Crippen LogP contribution in [-0.2, 0) is 10.0 Å². The van der Waals surface area contributed by atoms with Crippen LogP contribution >= 0.6 is 0 Å². The van der Waals surface area contributed by atoms with Gasteiger partial charge in [0.15, 0.2) is 0 Å². The van der Waals surface area contributed by atoms with Gasteiger partial charge >= 0.3 is 0 Å². The minimum atomic E-state index is -3.72. The number of imidazole rings is 1. The van der Waals surface area contributed by atoms with E-state index in [1.165, 1.54) is 12.1 Å². The molecule has 2 aromatic carbocycles. The molecule has 0 atom stereocenters. The molecule has 5 nitrogen and oxygen atoms in total. The number of pyridine rings is 1. The fourth-order valence-electron chi connectivity index (χ4n) is 3.10. The summed E-state index contributed by atoms with van der Waals surface area (Å²) in [4.78, 5) is 4.90. The summed E-state index contributed by atoms with van der Waals surface area (Å²) in [5.41, 5.74) is 5.64. The van der Waals surface area contributed by atoms with Gasteiger partial charge in [0.2, 0.25) is 10.0 Å². The molecule has 6 heteroatoms. The van der Waals surface area contributed by atoms with Gasteiger partial charge in [-0.25, -0.2) is 18.5 Å². The number of sulfonamides is 1. The van der Waals surface area contributed by atoms with Crippen molar-refractivity contribution >= 4 is 15.7 Å². The van der Waals surface area contributed by atoms with Crippen LogP contribution in [0.1, 0.15) is 5.56 Å². The van der Waals surface area contributed by atoms with Crippen molar-refractivity contribution in [3.05, 3.63) is 78.5 Å². The minimum absolute atomic E-state index is 0.0903. The molecule has 2 aromatic heterocycles. The van der Waals surface area contributed by atoms with Crippen LogP contribution in [-0.4, -0.2) is 17.8 Å². The standard InChI is InChI=1S/C20H17N3O2S/c1-14-6-2-3-7-17(14)19-20(23-13-5-4-8-18(23)22-19)15-9-11-16(12-10-15)26(21,24)25/h2-13H,1H3,(H2,21,24,25). The Labute approximate surface area is 151 Å². The van der Waals surface area contributed by atoms with Gasteiger partial charge in [0.05, 0.1) is 16.3 Å². The van der Waals surface area contributed by atoms with Crippen LogP contribution in [0.2, 0.25) is 0 Å². The van der Waals surface area contributed by atoms with Crippen molar-refractivity contribution in [2.24, 2.45) is 5.14 Å². The van der Waals surface area contributed by atoms with E-state index in [1.807, 2.05) is 60.0 Å². The number of hydrogen-bond donors (Lipinski definition) is 1. The van der Waals surface area contributed by atoms with Gasteiger partial charge in [-0.3, -0.25) is 4.40 Å². The van der Waals surface area contributed by atoms with Gasteiger partial charge in [-0.05, 0) is 36.8 Å². The first kappa shape index (κ1) is 16.5. The van der Waals surface area contributed by atoms with Gasteiger partial charge in [-0.15, -0.1) is 0 Å². The molecule has 2 heterocycles. The molecule has 0 radical (unpaired) electrons. The molecule has 0 aliphatic rings. The lowest BCUT2D eigenvalue weighted by molar-refractivity contribution is 0.598. The van der Waals surface area contributed by atoms with E-state index in [1.54, 1.807) is 12.1 Å². The smallest absolute Gasteiger partial charge is 0.238 e. The zero-order chi connectivity index (χ0) is 18.3. The van der Waals surface area contributed by atoms with E-state index >= 15 is 0 Å². The van der Waals surface area contributed by atoms with Crippen LogP contribution < -0.4 is 5.14 Å². The number of hydrogen-bond acceptors (Lipinski definition) is 3.